The Kier molecular flexibility index (Phi) is 7.25. The van der Waals surface area contributed by atoms with Gasteiger partial charge in [-0.05, 0) is 53.6 Å². The molecule has 0 spiro atoms. The van der Waals surface area contributed by atoms with Crippen LogP contribution in [0, 0.1) is 5.41 Å². The van der Waals surface area contributed by atoms with E-state index in [0.29, 0.717) is 57.0 Å². The van der Waals surface area contributed by atoms with E-state index in [9.17, 15) is 9.90 Å². The Morgan fingerprint density at radius 1 is 0.660 bits per heavy atom. The minimum absolute atomic E-state index is 0. The topological polar surface area (TPSA) is 143 Å². The first-order chi connectivity index (χ1) is 23.7. The van der Waals surface area contributed by atoms with Crippen LogP contribution in [0.5, 0.6) is 5.75 Å². The first kappa shape index (κ1) is 31.3. The fraction of sp³-hybridized carbons (Fsp3) is 0.132. The van der Waals surface area contributed by atoms with E-state index in [0.717, 1.165) is 38.4 Å². The van der Waals surface area contributed by atoms with Gasteiger partial charge in [0, 0.05) is 44.8 Å². The predicted octanol–water partition coefficient (Wildman–Crippen LogP) is 6.04. The second-order valence-electron chi connectivity index (χ2n) is 12.8. The third-order valence-corrected chi connectivity index (χ3v) is 9.00. The van der Waals surface area contributed by atoms with Gasteiger partial charge in [-0.25, -0.2) is 4.98 Å². The maximum atomic E-state index is 11.8. The Hall–Kier alpha value is -5.97. The van der Waals surface area contributed by atoms with Crippen molar-refractivity contribution in [3.05, 3.63) is 91.0 Å². The first-order valence-electron chi connectivity index (χ1n) is 15.8. The second-order valence-corrected chi connectivity index (χ2v) is 12.8. The van der Waals surface area contributed by atoms with E-state index < -0.39 is 11.4 Å². The van der Waals surface area contributed by atoms with Gasteiger partial charge in [0.05, 0.1) is 24.1 Å². The minimum atomic E-state index is -1.08. The standard InChI is InChI=1S/C38H28N8O3.Cu/c1-38(2,37(47)48)19-49-20-16-17-25-28(18-20)34-43-32(25)41-30-22-11-5-4-10-21(22)29(39-30)40-31-23-12-6-7-13-24(23)33(42-31)44-35-26-14-8-9-15-27(26)36(45-34)46(35)3;/h4-18H,19H2,1-3H3,(H2,39,40,41,42,43,44,45,47,48);/q;+2/p-1. The molecule has 0 amide bonds. The van der Waals surface area contributed by atoms with Gasteiger partial charge in [0.25, 0.3) is 0 Å². The van der Waals surface area contributed by atoms with Gasteiger partial charge in [-0.3, -0.25) is 9.36 Å². The Morgan fingerprint density at radius 2 is 1.12 bits per heavy atom. The van der Waals surface area contributed by atoms with Crippen LogP contribution in [-0.4, -0.2) is 42.6 Å². The van der Waals surface area contributed by atoms with Crippen molar-refractivity contribution in [1.82, 2.24) is 34.9 Å². The summed E-state index contributed by atoms with van der Waals surface area (Å²) < 4.78 is 7.95. The molecule has 4 aromatic carbocycles. The number of hydrogen-bond acceptors (Lipinski definition) is 7. The van der Waals surface area contributed by atoms with Crippen LogP contribution in [0.25, 0.3) is 89.7 Å². The zero-order chi connectivity index (χ0) is 33.4. The van der Waals surface area contributed by atoms with Crippen LogP contribution < -0.4 is 19.3 Å². The number of fused-ring (bicyclic) bond motifs is 20. The van der Waals surface area contributed by atoms with Crippen LogP contribution in [0.4, 0.5) is 0 Å². The number of aromatic nitrogens is 8. The van der Waals surface area contributed by atoms with Gasteiger partial charge >= 0.3 is 23.0 Å². The largest absolute Gasteiger partial charge is 2.00 e. The van der Waals surface area contributed by atoms with Gasteiger partial charge in [0.2, 0.25) is 0 Å². The summed E-state index contributed by atoms with van der Waals surface area (Å²) >= 11 is 0. The quantitative estimate of drug-likeness (QED) is 0.170. The summed E-state index contributed by atoms with van der Waals surface area (Å²) in [5.74, 6) is 1.88. The average molecular weight is 707 g/mol. The van der Waals surface area contributed by atoms with Crippen molar-refractivity contribution in [1.29, 1.82) is 0 Å². The van der Waals surface area contributed by atoms with Crippen molar-refractivity contribution in [3.8, 4) is 51.3 Å². The van der Waals surface area contributed by atoms with E-state index in [1.165, 1.54) is 0 Å². The van der Waals surface area contributed by atoms with E-state index >= 15 is 0 Å². The molecule has 0 saturated heterocycles. The normalized spacial score (nSPS) is 12.0. The molecule has 50 heavy (non-hydrogen) atoms. The monoisotopic (exact) mass is 706 g/mol. The molecule has 5 heterocycles. The van der Waals surface area contributed by atoms with Crippen molar-refractivity contribution in [2.24, 2.45) is 12.5 Å². The van der Waals surface area contributed by atoms with E-state index in [-0.39, 0.29) is 23.7 Å². The smallest absolute Gasteiger partial charge is 0.492 e. The molecular weight excluding hydrogens is 680 g/mol. The van der Waals surface area contributed by atoms with Gasteiger partial charge in [-0.2, -0.15) is 0 Å². The molecule has 0 aliphatic carbocycles. The van der Waals surface area contributed by atoms with Crippen LogP contribution >= 0.6 is 0 Å². The summed E-state index contributed by atoms with van der Waals surface area (Å²) in [5, 5.41) is 12.8. The number of rotatable bonds is 4. The third-order valence-electron chi connectivity index (χ3n) is 9.00. The summed E-state index contributed by atoms with van der Waals surface area (Å²) in [4.78, 5) is 46.8. The third kappa shape index (κ3) is 4.91. The van der Waals surface area contributed by atoms with Gasteiger partial charge in [-0.15, -0.1) is 0 Å². The molecule has 0 atom stereocenters. The van der Waals surface area contributed by atoms with E-state index in [1.807, 2.05) is 96.5 Å². The number of ether oxygens (including phenoxy) is 1. The second kappa shape index (κ2) is 11.6. The fourth-order valence-electron chi connectivity index (χ4n) is 6.24. The maximum absolute atomic E-state index is 11.8. The Balaban J connectivity index is 0.00000361. The fourth-order valence-corrected chi connectivity index (χ4v) is 6.24. The summed E-state index contributed by atoms with van der Waals surface area (Å²) in [6, 6.07) is 29.3. The van der Waals surface area contributed by atoms with E-state index in [2.05, 4.69) is 0 Å². The molecule has 9 rings (SSSR count). The molecule has 12 heteroatoms. The first-order valence-corrected chi connectivity index (χ1v) is 15.8. The molecule has 0 fully saturated rings. The molecule has 1 N–H and O–H groups in total. The molecule has 0 unspecified atom stereocenters. The van der Waals surface area contributed by atoms with E-state index in [4.69, 9.17) is 39.6 Å². The van der Waals surface area contributed by atoms with Crippen molar-refractivity contribution in [2.75, 3.05) is 6.61 Å². The summed E-state index contributed by atoms with van der Waals surface area (Å²) in [5.41, 5.74) is 4.34. The number of nitrogens with zero attached hydrogens (tertiary/aromatic N) is 8. The van der Waals surface area contributed by atoms with Crippen molar-refractivity contribution in [3.63, 3.8) is 0 Å². The zero-order valence-electron chi connectivity index (χ0n) is 27.0. The molecule has 8 bridgehead atoms. The van der Waals surface area contributed by atoms with E-state index in [1.54, 1.807) is 19.9 Å². The Labute approximate surface area is 295 Å². The van der Waals surface area contributed by atoms with Crippen LogP contribution in [0.15, 0.2) is 91.0 Å². The molecule has 0 saturated carbocycles. The summed E-state index contributed by atoms with van der Waals surface area (Å²) in [6.07, 6.45) is 0. The van der Waals surface area contributed by atoms with Crippen LogP contribution in [0.2, 0.25) is 0 Å². The number of carboxylic acid groups (broad SMARTS) is 1. The van der Waals surface area contributed by atoms with Crippen molar-refractivity contribution in [2.45, 2.75) is 13.8 Å². The average Bonchev–Trinajstić information content (AvgIpc) is 3.82. The van der Waals surface area contributed by atoms with Crippen LogP contribution in [0.3, 0.4) is 0 Å². The van der Waals surface area contributed by atoms with Crippen LogP contribution in [0.1, 0.15) is 13.8 Å². The number of benzene rings is 4. The Morgan fingerprint density at radius 3 is 1.66 bits per heavy atom. The molecule has 7 aromatic rings. The minimum Gasteiger partial charge on any atom is -0.492 e. The molecule has 11 nitrogen and oxygen atoms in total. The zero-order valence-corrected chi connectivity index (χ0v) is 28.0. The maximum Gasteiger partial charge on any atom is 2.00 e. The molecular formula is C38H27CuN8O3+. The number of hydrogen-bond donors (Lipinski definition) is 1. The summed E-state index contributed by atoms with van der Waals surface area (Å²) in [6.45, 7) is 3.24. The molecule has 2 aliphatic heterocycles. The van der Waals surface area contributed by atoms with Crippen molar-refractivity contribution < 1.29 is 36.3 Å². The molecule has 2 aliphatic rings. The predicted molar refractivity (Wildman–Crippen MR) is 184 cm³/mol. The molecule has 1 radical (unpaired) electrons. The summed E-state index contributed by atoms with van der Waals surface area (Å²) in [7, 11) is 1.93. The van der Waals surface area contributed by atoms with Gasteiger partial charge in [0.15, 0.2) is 0 Å². The van der Waals surface area contributed by atoms with Gasteiger partial charge in [-0.1, -0.05) is 72.8 Å². The number of aliphatic carboxylic acids is 1. The van der Waals surface area contributed by atoms with Gasteiger partial charge < -0.3 is 39.7 Å². The Bertz CT molecular complexity index is 2720. The van der Waals surface area contributed by atoms with Crippen LogP contribution in [-0.2, 0) is 28.9 Å². The molecule has 247 valence electrons. The number of carboxylic acids is 1. The van der Waals surface area contributed by atoms with Gasteiger partial charge in [0.1, 0.15) is 24.0 Å². The number of carbonyl (C=O) groups is 1. The SMILES string of the molecule is C[n+]1c2nc3[n-]c(nc4nc(nc5[n-]c(nc1-c1ccccc1-2)c1cc(OCC(C)(C)C(=O)O)ccc51)-c1ccccc1-4)c1ccccc31.[Cu+2]. The molecule has 3 aromatic heterocycles. The van der Waals surface area contributed by atoms with Crippen molar-refractivity contribution >= 4 is 50.1 Å².